The number of Topliss-reactive ketones (excluding diaryl/α,β-unsaturated/α-hetero) is 1. The fraction of sp³-hybridized carbons (Fsp3) is 0.815. The molecule has 3 aliphatic rings. The van der Waals surface area contributed by atoms with E-state index in [1.807, 2.05) is 0 Å². The second-order valence-electron chi connectivity index (χ2n) is 11.2. The topological polar surface area (TPSA) is 151 Å². The fourth-order valence-electron chi connectivity index (χ4n) is 4.98. The summed E-state index contributed by atoms with van der Waals surface area (Å²) in [6.45, 7) is -14.6. The zero-order chi connectivity index (χ0) is 41.5. The van der Waals surface area contributed by atoms with Crippen LogP contribution in [-0.2, 0) is 19.2 Å². The Kier molecular flexibility index (Phi) is 3.73. The van der Waals surface area contributed by atoms with Crippen LogP contribution in [0.4, 0.5) is 4.79 Å². The van der Waals surface area contributed by atoms with Gasteiger partial charge in [-0.1, -0.05) is 53.7 Å². The van der Waals surface area contributed by atoms with Crippen LogP contribution >= 0.6 is 0 Å². The van der Waals surface area contributed by atoms with E-state index >= 15 is 0 Å². The summed E-state index contributed by atoms with van der Waals surface area (Å²) in [4.78, 5) is 67.7. The summed E-state index contributed by atoms with van der Waals surface area (Å²) in [6.07, 6.45) is 1.42. The molecule has 5 N–H and O–H groups in total. The number of urea groups is 1. The lowest BCUT2D eigenvalue weighted by atomic mass is 9.80. The zero-order valence-corrected chi connectivity index (χ0v) is 21.0. The van der Waals surface area contributed by atoms with Gasteiger partial charge in [0.15, 0.2) is 0 Å². The van der Waals surface area contributed by atoms with Crippen molar-refractivity contribution in [2.45, 2.75) is 104 Å². The minimum atomic E-state index is -3.86. The van der Waals surface area contributed by atoms with Crippen LogP contribution in [0.1, 0.15) is 103 Å². The van der Waals surface area contributed by atoms with Gasteiger partial charge in [-0.05, 0) is 55.6 Å². The Balaban J connectivity index is 2.12. The molecule has 1 aliphatic heterocycles. The first kappa shape index (κ1) is 13.9. The number of hydrogen-bond donors (Lipinski definition) is 4. The summed E-state index contributed by atoms with van der Waals surface area (Å²) < 4.78 is 128. The Labute approximate surface area is 242 Å². The molecule has 3 rings (SSSR count). The van der Waals surface area contributed by atoms with Gasteiger partial charge in [0.2, 0.25) is 17.6 Å². The molecule has 37 heavy (non-hydrogen) atoms. The highest BCUT2D eigenvalue weighted by atomic mass is 16.2. The number of fused-ring (bicyclic) bond motifs is 1. The van der Waals surface area contributed by atoms with Crippen molar-refractivity contribution >= 4 is 29.5 Å². The van der Waals surface area contributed by atoms with E-state index in [2.05, 4.69) is 10.6 Å². The molecule has 0 aromatic carbocycles. The normalized spacial score (nSPS) is 35.2. The molecule has 0 unspecified atom stereocenters. The Morgan fingerprint density at radius 1 is 1.11 bits per heavy atom. The summed E-state index contributed by atoms with van der Waals surface area (Å²) in [7, 11) is 0. The van der Waals surface area contributed by atoms with Gasteiger partial charge in [0.25, 0.3) is 5.91 Å². The Bertz CT molecular complexity index is 1440. The molecular weight excluding hydrogens is 474 g/mol. The number of primary amides is 1. The van der Waals surface area contributed by atoms with Gasteiger partial charge in [-0.25, -0.2) is 4.79 Å². The molecule has 208 valence electrons. The maximum atomic E-state index is 14.4. The first-order valence-corrected chi connectivity index (χ1v) is 12.0. The predicted molar refractivity (Wildman–Crippen MR) is 139 cm³/mol. The standard InChI is InChI=1S/C27H45N5O5/c1-25(2,3)20(30-24(37)31-26(4,5)6)23(36)32-13-15-17(27(15,7)8)18(32)22(35)29-16(19(33)21(28)34)12-14-10-9-11-14/h14-18,20H,9-13H2,1-8H3,(H2,28,34)(H,29,35)(H2,30,31,37)/t15-,16+,17-,18-,20+/m0/s1/i4D3,5D3,6D3,7D3,8D3,16D. The molecule has 0 spiro atoms. The van der Waals surface area contributed by atoms with Gasteiger partial charge in [0, 0.05) is 32.6 Å². The lowest BCUT2D eigenvalue weighted by molar-refractivity contribution is -0.145. The van der Waals surface area contributed by atoms with Crippen molar-refractivity contribution in [3.05, 3.63) is 0 Å². The van der Waals surface area contributed by atoms with Crippen molar-refractivity contribution in [3.8, 4) is 0 Å². The maximum Gasteiger partial charge on any atom is 0.315 e. The molecule has 1 saturated heterocycles. The van der Waals surface area contributed by atoms with Gasteiger partial charge >= 0.3 is 6.03 Å². The van der Waals surface area contributed by atoms with E-state index in [-0.39, 0.29) is 12.3 Å². The van der Waals surface area contributed by atoms with Gasteiger partial charge in [-0.2, -0.15) is 0 Å². The average molecular weight is 536 g/mol. The minimum Gasteiger partial charge on any atom is -0.363 e. The third-order valence-corrected chi connectivity index (χ3v) is 7.24. The fourth-order valence-corrected chi connectivity index (χ4v) is 4.98. The molecule has 10 nitrogen and oxygen atoms in total. The number of piperidine rings is 1. The van der Waals surface area contributed by atoms with E-state index in [9.17, 15) is 24.0 Å². The van der Waals surface area contributed by atoms with E-state index in [1.54, 1.807) is 5.32 Å². The SMILES string of the molecule is [2H]C([2H])([2H])C1(C([2H])([2H])[2H])[C@@H]2[C@@H](C(=O)N[C@]([2H])(CC3CCC3)C(=O)C(N)=O)N(C(=O)[C@@H](NC(=O)NC(C([2H])([2H])[2H])(C([2H])([2H])[2H])C([2H])([2H])[2H])C(C)(C)C)C[C@@H]21. The smallest absolute Gasteiger partial charge is 0.315 e. The van der Waals surface area contributed by atoms with Crippen molar-refractivity contribution < 1.29 is 45.9 Å². The number of ketones is 1. The van der Waals surface area contributed by atoms with E-state index in [4.69, 9.17) is 27.7 Å². The summed E-state index contributed by atoms with van der Waals surface area (Å²) in [5.41, 5.74) is -2.61. The quantitative estimate of drug-likeness (QED) is 0.349. The van der Waals surface area contributed by atoms with Crippen LogP contribution in [0.25, 0.3) is 0 Å². The summed E-state index contributed by atoms with van der Waals surface area (Å²) in [5, 5.41) is 5.77. The van der Waals surface area contributed by atoms with Gasteiger partial charge in [-0.15, -0.1) is 0 Å². The molecule has 2 aliphatic carbocycles. The summed E-state index contributed by atoms with van der Waals surface area (Å²) >= 11 is 0. The van der Waals surface area contributed by atoms with Crippen molar-refractivity contribution in [1.82, 2.24) is 20.9 Å². The average Bonchev–Trinajstić information content (AvgIpc) is 3.43. The molecule has 1 heterocycles. The van der Waals surface area contributed by atoms with Gasteiger partial charge in [0.05, 0.1) is 7.39 Å². The Morgan fingerprint density at radius 3 is 2.24 bits per heavy atom. The molecule has 10 heteroatoms. The van der Waals surface area contributed by atoms with Crippen molar-refractivity contribution in [2.75, 3.05) is 6.54 Å². The molecule has 5 amide bonds. The zero-order valence-electron chi connectivity index (χ0n) is 37.0. The highest BCUT2D eigenvalue weighted by Gasteiger charge is 2.70. The largest absolute Gasteiger partial charge is 0.363 e. The number of carbonyl (C=O) groups excluding carboxylic acids is 5. The number of nitrogens with two attached hydrogens (primary N) is 1. The first-order valence-electron chi connectivity index (χ1n) is 20.0. The van der Waals surface area contributed by atoms with Crippen LogP contribution in [-0.4, -0.2) is 64.6 Å². The minimum absolute atomic E-state index is 0.297. The number of nitrogens with one attached hydrogen (secondary N) is 3. The summed E-state index contributed by atoms with van der Waals surface area (Å²) in [6, 6.07) is -8.30. The van der Waals surface area contributed by atoms with Crippen LogP contribution in [0.2, 0.25) is 0 Å². The second-order valence-corrected chi connectivity index (χ2v) is 11.2. The summed E-state index contributed by atoms with van der Waals surface area (Å²) in [5.74, 6) is -8.98. The molecule has 5 atom stereocenters. The number of hydrogen-bond acceptors (Lipinski definition) is 5. The number of carbonyl (C=O) groups is 5. The molecule has 3 fully saturated rings. The lowest BCUT2D eigenvalue weighted by Gasteiger charge is -2.38. The van der Waals surface area contributed by atoms with Gasteiger partial charge < -0.3 is 26.6 Å². The van der Waals surface area contributed by atoms with Gasteiger partial charge in [-0.3, -0.25) is 19.2 Å². The number of rotatable bonds is 8. The van der Waals surface area contributed by atoms with Crippen molar-refractivity contribution in [1.29, 1.82) is 0 Å². The van der Waals surface area contributed by atoms with Crippen molar-refractivity contribution in [2.24, 2.45) is 34.3 Å². The Morgan fingerprint density at radius 2 is 1.76 bits per heavy atom. The van der Waals surface area contributed by atoms with Crippen LogP contribution in [0, 0.1) is 28.6 Å². The van der Waals surface area contributed by atoms with Gasteiger partial charge in [0.1, 0.15) is 12.1 Å². The van der Waals surface area contributed by atoms with E-state index in [1.165, 1.54) is 20.8 Å². The molecular formula is C27H45N5O5. The predicted octanol–water partition coefficient (Wildman–Crippen LogP) is 1.71. The van der Waals surface area contributed by atoms with E-state index in [0.29, 0.717) is 12.8 Å². The highest BCUT2D eigenvalue weighted by Crippen LogP contribution is 2.65. The molecule has 0 radical (unpaired) electrons. The number of likely N-dealkylation sites (tertiary alicyclic amines) is 1. The van der Waals surface area contributed by atoms with E-state index in [0.717, 1.165) is 11.3 Å². The molecule has 0 bridgehead atoms. The van der Waals surface area contributed by atoms with Crippen LogP contribution in [0.15, 0.2) is 0 Å². The highest BCUT2D eigenvalue weighted by molar-refractivity contribution is 6.37. The number of amides is 5. The number of nitrogens with zero attached hydrogens (tertiary/aromatic N) is 1. The van der Waals surface area contributed by atoms with Crippen molar-refractivity contribution in [3.63, 3.8) is 0 Å². The van der Waals surface area contributed by atoms with Crippen LogP contribution in [0.5, 0.6) is 0 Å². The molecule has 2 saturated carbocycles. The Hall–Kier alpha value is -2.65. The van der Waals surface area contributed by atoms with E-state index < -0.39 is 117 Å². The monoisotopic (exact) mass is 535 g/mol. The second kappa shape index (κ2) is 9.91. The molecule has 0 aromatic rings. The van der Waals surface area contributed by atoms with Crippen LogP contribution < -0.4 is 21.7 Å². The van der Waals surface area contributed by atoms with Crippen LogP contribution in [0.3, 0.4) is 0 Å². The third kappa shape index (κ3) is 6.26. The maximum absolute atomic E-state index is 14.4. The molecule has 0 aromatic heterocycles. The lowest BCUT2D eigenvalue weighted by Crippen LogP contribution is -2.62. The first-order chi connectivity index (χ1) is 23.4. The third-order valence-electron chi connectivity index (χ3n) is 7.24.